The maximum atomic E-state index is 5.39. The summed E-state index contributed by atoms with van der Waals surface area (Å²) in [5.41, 5.74) is 0. The smallest absolute Gasteiger partial charge is 0.0724 e. The van der Waals surface area contributed by atoms with Gasteiger partial charge in [0.1, 0.15) is 0 Å². The third-order valence-electron chi connectivity index (χ3n) is 2.69. The molecule has 1 fully saturated rings. The monoisotopic (exact) mass is 187 g/mol. The van der Waals surface area contributed by atoms with Gasteiger partial charge in [-0.05, 0) is 32.2 Å². The zero-order chi connectivity index (χ0) is 9.52. The van der Waals surface area contributed by atoms with Crippen LogP contribution in [0.25, 0.3) is 0 Å². The molecule has 0 spiro atoms. The van der Waals surface area contributed by atoms with Crippen molar-refractivity contribution in [1.29, 1.82) is 0 Å². The van der Waals surface area contributed by atoms with E-state index in [0.717, 1.165) is 19.6 Å². The van der Waals surface area contributed by atoms with Gasteiger partial charge in [-0.3, -0.25) is 0 Å². The first-order valence-electron chi connectivity index (χ1n) is 5.13. The van der Waals surface area contributed by atoms with Gasteiger partial charge in [0.15, 0.2) is 0 Å². The Bertz CT molecular complexity index is 130. The Balaban J connectivity index is 2.06. The molecule has 0 aromatic carbocycles. The summed E-state index contributed by atoms with van der Waals surface area (Å²) in [4.78, 5) is 0. The molecule has 2 atom stereocenters. The van der Waals surface area contributed by atoms with E-state index in [1.807, 2.05) is 0 Å². The Kier molecular flexibility index (Phi) is 5.35. The van der Waals surface area contributed by atoms with E-state index in [1.54, 1.807) is 14.2 Å². The molecule has 1 aliphatic carbocycles. The molecule has 0 aromatic rings. The molecule has 3 heteroatoms. The molecule has 1 rings (SSSR count). The Hall–Kier alpha value is -0.120. The van der Waals surface area contributed by atoms with E-state index in [9.17, 15) is 0 Å². The standard InChI is InChI=1S/C10H21NO2/c1-12-8-4-7-11-9-5-3-6-10(9)13-2/h9-11H,3-8H2,1-2H3. The van der Waals surface area contributed by atoms with Gasteiger partial charge >= 0.3 is 0 Å². The molecule has 0 bridgehead atoms. The van der Waals surface area contributed by atoms with Gasteiger partial charge < -0.3 is 14.8 Å². The van der Waals surface area contributed by atoms with Gasteiger partial charge in [0, 0.05) is 26.9 Å². The molecule has 78 valence electrons. The van der Waals surface area contributed by atoms with Crippen molar-refractivity contribution < 1.29 is 9.47 Å². The van der Waals surface area contributed by atoms with Crippen LogP contribution in [0.4, 0.5) is 0 Å². The first-order valence-corrected chi connectivity index (χ1v) is 5.13. The van der Waals surface area contributed by atoms with E-state index < -0.39 is 0 Å². The third-order valence-corrected chi connectivity index (χ3v) is 2.69. The first kappa shape index (κ1) is 11.0. The lowest BCUT2D eigenvalue weighted by molar-refractivity contribution is 0.0842. The maximum absolute atomic E-state index is 5.39. The predicted octanol–water partition coefficient (Wildman–Crippen LogP) is 1.18. The van der Waals surface area contributed by atoms with Crippen molar-refractivity contribution in [3.8, 4) is 0 Å². The van der Waals surface area contributed by atoms with E-state index in [-0.39, 0.29) is 0 Å². The number of hydrogen-bond donors (Lipinski definition) is 1. The lowest BCUT2D eigenvalue weighted by atomic mass is 10.2. The molecule has 0 radical (unpaired) electrons. The topological polar surface area (TPSA) is 30.5 Å². The molecule has 1 aliphatic rings. The second-order valence-corrected chi connectivity index (χ2v) is 3.61. The van der Waals surface area contributed by atoms with E-state index in [2.05, 4.69) is 5.32 Å². The van der Waals surface area contributed by atoms with Crippen LogP contribution in [-0.4, -0.2) is 39.5 Å². The summed E-state index contributed by atoms with van der Waals surface area (Å²) in [5, 5.41) is 3.51. The lowest BCUT2D eigenvalue weighted by Crippen LogP contribution is -2.37. The zero-order valence-corrected chi connectivity index (χ0v) is 8.71. The van der Waals surface area contributed by atoms with Crippen LogP contribution in [0, 0.1) is 0 Å². The lowest BCUT2D eigenvalue weighted by Gasteiger charge is -2.19. The molecule has 1 saturated carbocycles. The highest BCUT2D eigenvalue weighted by molar-refractivity contribution is 4.83. The summed E-state index contributed by atoms with van der Waals surface area (Å²) in [6.45, 7) is 1.88. The normalized spacial score (nSPS) is 28.2. The van der Waals surface area contributed by atoms with Crippen LogP contribution in [0.2, 0.25) is 0 Å². The van der Waals surface area contributed by atoms with Crippen LogP contribution in [0.3, 0.4) is 0 Å². The fourth-order valence-electron chi connectivity index (χ4n) is 1.95. The highest BCUT2D eigenvalue weighted by Gasteiger charge is 2.25. The van der Waals surface area contributed by atoms with Crippen LogP contribution in [0.1, 0.15) is 25.7 Å². The summed E-state index contributed by atoms with van der Waals surface area (Å²) in [6, 6.07) is 0.571. The number of methoxy groups -OCH3 is 2. The van der Waals surface area contributed by atoms with Gasteiger partial charge in [-0.2, -0.15) is 0 Å². The minimum absolute atomic E-state index is 0.433. The van der Waals surface area contributed by atoms with E-state index in [1.165, 1.54) is 19.3 Å². The van der Waals surface area contributed by atoms with Crippen molar-refractivity contribution in [2.45, 2.75) is 37.8 Å². The fraction of sp³-hybridized carbons (Fsp3) is 1.00. The van der Waals surface area contributed by atoms with Gasteiger partial charge in [-0.1, -0.05) is 0 Å². The van der Waals surface area contributed by atoms with Crippen molar-refractivity contribution in [2.75, 3.05) is 27.4 Å². The second kappa shape index (κ2) is 6.35. The largest absolute Gasteiger partial charge is 0.385 e. The Morgan fingerprint density at radius 2 is 2.15 bits per heavy atom. The van der Waals surface area contributed by atoms with Crippen LogP contribution >= 0.6 is 0 Å². The average Bonchev–Trinajstić information content (AvgIpc) is 2.60. The first-order chi connectivity index (χ1) is 6.38. The number of nitrogens with one attached hydrogen (secondary N) is 1. The predicted molar refractivity (Wildman–Crippen MR) is 52.9 cm³/mol. The summed E-state index contributed by atoms with van der Waals surface area (Å²) < 4.78 is 10.4. The average molecular weight is 187 g/mol. The molecular formula is C10H21NO2. The van der Waals surface area contributed by atoms with Gasteiger partial charge in [-0.15, -0.1) is 0 Å². The van der Waals surface area contributed by atoms with Gasteiger partial charge in [0.05, 0.1) is 6.10 Å². The van der Waals surface area contributed by atoms with Gasteiger partial charge in [0.2, 0.25) is 0 Å². The van der Waals surface area contributed by atoms with E-state index in [0.29, 0.717) is 12.1 Å². The van der Waals surface area contributed by atoms with Crippen LogP contribution in [-0.2, 0) is 9.47 Å². The molecule has 13 heavy (non-hydrogen) atoms. The van der Waals surface area contributed by atoms with Crippen molar-refractivity contribution in [3.05, 3.63) is 0 Å². The molecular weight excluding hydrogens is 166 g/mol. The summed E-state index contributed by atoms with van der Waals surface area (Å²) in [5.74, 6) is 0. The van der Waals surface area contributed by atoms with Crippen LogP contribution in [0.5, 0.6) is 0 Å². The fourth-order valence-corrected chi connectivity index (χ4v) is 1.95. The molecule has 3 nitrogen and oxygen atoms in total. The molecule has 0 heterocycles. The molecule has 0 aliphatic heterocycles. The number of rotatable bonds is 6. The summed E-state index contributed by atoms with van der Waals surface area (Å²) >= 11 is 0. The quantitative estimate of drug-likeness (QED) is 0.633. The molecule has 2 unspecified atom stereocenters. The molecule has 0 amide bonds. The zero-order valence-electron chi connectivity index (χ0n) is 8.71. The SMILES string of the molecule is COCCCNC1CCCC1OC. The Morgan fingerprint density at radius 3 is 2.85 bits per heavy atom. The van der Waals surface area contributed by atoms with Gasteiger partial charge in [0.25, 0.3) is 0 Å². The van der Waals surface area contributed by atoms with Crippen LogP contribution < -0.4 is 5.32 Å². The van der Waals surface area contributed by atoms with Crippen LogP contribution in [0.15, 0.2) is 0 Å². The number of ether oxygens (including phenoxy) is 2. The highest BCUT2D eigenvalue weighted by atomic mass is 16.5. The van der Waals surface area contributed by atoms with E-state index in [4.69, 9.17) is 9.47 Å². The van der Waals surface area contributed by atoms with E-state index >= 15 is 0 Å². The Morgan fingerprint density at radius 1 is 1.31 bits per heavy atom. The van der Waals surface area contributed by atoms with Crippen molar-refractivity contribution in [2.24, 2.45) is 0 Å². The van der Waals surface area contributed by atoms with Gasteiger partial charge in [-0.25, -0.2) is 0 Å². The minimum atomic E-state index is 0.433. The van der Waals surface area contributed by atoms with Crippen molar-refractivity contribution in [3.63, 3.8) is 0 Å². The number of hydrogen-bond acceptors (Lipinski definition) is 3. The summed E-state index contributed by atoms with van der Waals surface area (Å²) in [6.07, 6.45) is 5.27. The molecule has 1 N–H and O–H groups in total. The molecule has 0 aromatic heterocycles. The van der Waals surface area contributed by atoms with Crippen molar-refractivity contribution >= 4 is 0 Å². The molecule has 0 saturated heterocycles. The second-order valence-electron chi connectivity index (χ2n) is 3.61. The minimum Gasteiger partial charge on any atom is -0.385 e. The third kappa shape index (κ3) is 3.63. The highest BCUT2D eigenvalue weighted by Crippen LogP contribution is 2.21. The summed E-state index contributed by atoms with van der Waals surface area (Å²) in [7, 11) is 3.55. The van der Waals surface area contributed by atoms with Crippen molar-refractivity contribution in [1.82, 2.24) is 5.32 Å². The Labute approximate surface area is 80.8 Å². The maximum Gasteiger partial charge on any atom is 0.0724 e.